The lowest BCUT2D eigenvalue weighted by Gasteiger charge is -2.34. The highest BCUT2D eigenvalue weighted by molar-refractivity contribution is 5.86. The van der Waals surface area contributed by atoms with Crippen molar-refractivity contribution in [2.75, 3.05) is 31.2 Å². The first-order valence-electron chi connectivity index (χ1n) is 7.37. The molecule has 2 atom stereocenters. The normalized spacial score (nSPS) is 29.4. The Bertz CT molecular complexity index is 489. The van der Waals surface area contributed by atoms with Crippen LogP contribution in [0.2, 0.25) is 0 Å². The van der Waals surface area contributed by atoms with Gasteiger partial charge < -0.3 is 20.7 Å². The molecule has 0 bridgehead atoms. The second kappa shape index (κ2) is 5.95. The van der Waals surface area contributed by atoms with E-state index in [1.54, 1.807) is 18.5 Å². The molecule has 2 aliphatic heterocycles. The Labute approximate surface area is 123 Å². The van der Waals surface area contributed by atoms with E-state index >= 15 is 0 Å². The summed E-state index contributed by atoms with van der Waals surface area (Å²) in [5, 5.41) is 3.06. The van der Waals surface area contributed by atoms with E-state index in [4.69, 9.17) is 10.5 Å². The van der Waals surface area contributed by atoms with Crippen LogP contribution in [0.5, 0.6) is 0 Å². The first-order valence-corrected chi connectivity index (χ1v) is 7.37. The Balaban J connectivity index is 1.60. The van der Waals surface area contributed by atoms with Crippen LogP contribution in [0.25, 0.3) is 0 Å². The third kappa shape index (κ3) is 3.14. The minimum atomic E-state index is -0.870. The highest BCUT2D eigenvalue weighted by Gasteiger charge is 2.39. The summed E-state index contributed by atoms with van der Waals surface area (Å²) in [6.45, 7) is 2.48. The third-order valence-electron chi connectivity index (χ3n) is 4.10. The number of nitrogens with zero attached hydrogens (tertiary/aromatic N) is 3. The number of nitrogens with two attached hydrogens (primary N) is 1. The Morgan fingerprint density at radius 2 is 2.29 bits per heavy atom. The molecule has 2 unspecified atom stereocenters. The standard InChI is InChI=1S/C14H21N5O2/c15-14(4-8-21-10-14)12(20)18-11-3-1-7-19(9-11)13-16-5-2-6-17-13/h2,5-6,11H,1,3-4,7-10,15H2,(H,18,20). The first-order chi connectivity index (χ1) is 10.2. The van der Waals surface area contributed by atoms with E-state index < -0.39 is 5.54 Å². The largest absolute Gasteiger partial charge is 0.379 e. The number of rotatable bonds is 3. The number of nitrogens with one attached hydrogen (secondary N) is 1. The van der Waals surface area contributed by atoms with Crippen molar-refractivity contribution in [2.24, 2.45) is 5.73 Å². The molecule has 3 heterocycles. The number of piperidine rings is 1. The van der Waals surface area contributed by atoms with Crippen LogP contribution in [0.1, 0.15) is 19.3 Å². The van der Waals surface area contributed by atoms with Crippen molar-refractivity contribution in [1.29, 1.82) is 0 Å². The number of carbonyl (C=O) groups excluding carboxylic acids is 1. The molecule has 2 fully saturated rings. The van der Waals surface area contributed by atoms with Crippen LogP contribution in [-0.4, -0.2) is 53.8 Å². The minimum absolute atomic E-state index is 0.0797. The fraction of sp³-hybridized carbons (Fsp3) is 0.643. The molecule has 0 spiro atoms. The Kier molecular flexibility index (Phi) is 4.03. The summed E-state index contributed by atoms with van der Waals surface area (Å²) in [5.74, 6) is 0.601. The summed E-state index contributed by atoms with van der Waals surface area (Å²) in [6, 6.07) is 1.88. The van der Waals surface area contributed by atoms with Gasteiger partial charge in [-0.05, 0) is 25.3 Å². The van der Waals surface area contributed by atoms with Crippen LogP contribution in [-0.2, 0) is 9.53 Å². The van der Waals surface area contributed by atoms with Crippen molar-refractivity contribution in [3.05, 3.63) is 18.5 Å². The van der Waals surface area contributed by atoms with Crippen LogP contribution >= 0.6 is 0 Å². The lowest BCUT2D eigenvalue weighted by Crippen LogP contribution is -2.59. The van der Waals surface area contributed by atoms with Gasteiger partial charge in [-0.25, -0.2) is 9.97 Å². The maximum atomic E-state index is 12.3. The van der Waals surface area contributed by atoms with Gasteiger partial charge in [-0.1, -0.05) is 0 Å². The summed E-state index contributed by atoms with van der Waals surface area (Å²) in [5.41, 5.74) is 5.22. The number of aromatic nitrogens is 2. The fourth-order valence-corrected chi connectivity index (χ4v) is 2.82. The van der Waals surface area contributed by atoms with Crippen molar-refractivity contribution in [1.82, 2.24) is 15.3 Å². The quantitative estimate of drug-likeness (QED) is 0.793. The van der Waals surface area contributed by atoms with Crippen LogP contribution in [0, 0.1) is 0 Å². The lowest BCUT2D eigenvalue weighted by atomic mass is 9.97. The molecule has 1 aromatic heterocycles. The molecule has 0 aliphatic carbocycles. The monoisotopic (exact) mass is 291 g/mol. The first kappa shape index (κ1) is 14.2. The van der Waals surface area contributed by atoms with Crippen LogP contribution < -0.4 is 16.0 Å². The molecule has 0 radical (unpaired) electrons. The van der Waals surface area contributed by atoms with Crippen LogP contribution in [0.4, 0.5) is 5.95 Å². The Morgan fingerprint density at radius 3 is 3.00 bits per heavy atom. The smallest absolute Gasteiger partial charge is 0.242 e. The van der Waals surface area contributed by atoms with Gasteiger partial charge in [0.1, 0.15) is 5.54 Å². The van der Waals surface area contributed by atoms with Gasteiger partial charge >= 0.3 is 0 Å². The molecule has 1 amide bonds. The van der Waals surface area contributed by atoms with Gasteiger partial charge in [0, 0.05) is 38.1 Å². The van der Waals surface area contributed by atoms with Gasteiger partial charge in [0.25, 0.3) is 0 Å². The predicted octanol–water partition coefficient (Wildman–Crippen LogP) is -0.321. The molecule has 3 N–H and O–H groups in total. The maximum Gasteiger partial charge on any atom is 0.242 e. The number of anilines is 1. The zero-order valence-electron chi connectivity index (χ0n) is 12.0. The highest BCUT2D eigenvalue weighted by Crippen LogP contribution is 2.19. The summed E-state index contributed by atoms with van der Waals surface area (Å²) >= 11 is 0. The van der Waals surface area contributed by atoms with Crippen molar-refractivity contribution < 1.29 is 9.53 Å². The van der Waals surface area contributed by atoms with Gasteiger partial charge in [0.2, 0.25) is 11.9 Å². The molecule has 2 saturated heterocycles. The zero-order valence-corrected chi connectivity index (χ0v) is 12.0. The molecule has 0 aromatic carbocycles. The van der Waals surface area contributed by atoms with E-state index in [-0.39, 0.29) is 11.9 Å². The SMILES string of the molecule is NC1(C(=O)NC2CCCN(c3ncccn3)C2)CCOC1. The summed E-state index contributed by atoms with van der Waals surface area (Å²) in [7, 11) is 0. The van der Waals surface area contributed by atoms with Crippen molar-refractivity contribution in [3.8, 4) is 0 Å². The number of hydrogen-bond acceptors (Lipinski definition) is 6. The van der Waals surface area contributed by atoms with Gasteiger partial charge in [0.05, 0.1) is 6.61 Å². The van der Waals surface area contributed by atoms with Gasteiger partial charge in [-0.2, -0.15) is 0 Å². The average molecular weight is 291 g/mol. The second-order valence-electron chi connectivity index (χ2n) is 5.77. The van der Waals surface area contributed by atoms with Gasteiger partial charge in [-0.15, -0.1) is 0 Å². The van der Waals surface area contributed by atoms with E-state index in [0.29, 0.717) is 32.1 Å². The second-order valence-corrected chi connectivity index (χ2v) is 5.77. The molecule has 21 heavy (non-hydrogen) atoms. The number of hydrogen-bond donors (Lipinski definition) is 2. The molecule has 114 valence electrons. The number of amides is 1. The average Bonchev–Trinajstić information content (AvgIpc) is 2.97. The van der Waals surface area contributed by atoms with Crippen molar-refractivity contribution in [3.63, 3.8) is 0 Å². The number of ether oxygens (including phenoxy) is 1. The Morgan fingerprint density at radius 1 is 1.48 bits per heavy atom. The number of carbonyl (C=O) groups is 1. The summed E-state index contributed by atoms with van der Waals surface area (Å²) in [6.07, 6.45) is 5.99. The van der Waals surface area contributed by atoms with Gasteiger partial charge in [-0.3, -0.25) is 4.79 Å². The third-order valence-corrected chi connectivity index (χ3v) is 4.10. The zero-order chi connectivity index (χ0) is 14.7. The van der Waals surface area contributed by atoms with Crippen molar-refractivity contribution in [2.45, 2.75) is 30.8 Å². The molecule has 0 saturated carbocycles. The molecule has 3 rings (SSSR count). The predicted molar refractivity (Wildman–Crippen MR) is 77.8 cm³/mol. The van der Waals surface area contributed by atoms with Crippen molar-refractivity contribution >= 4 is 11.9 Å². The topological polar surface area (TPSA) is 93.4 Å². The molecular formula is C14H21N5O2. The van der Waals surface area contributed by atoms with Crippen LogP contribution in [0.3, 0.4) is 0 Å². The van der Waals surface area contributed by atoms with Gasteiger partial charge in [0.15, 0.2) is 0 Å². The lowest BCUT2D eigenvalue weighted by molar-refractivity contribution is -0.127. The Hall–Kier alpha value is -1.73. The molecule has 2 aliphatic rings. The van der Waals surface area contributed by atoms with E-state index in [1.807, 2.05) is 0 Å². The fourth-order valence-electron chi connectivity index (χ4n) is 2.82. The van der Waals surface area contributed by atoms with E-state index in [9.17, 15) is 4.79 Å². The van der Waals surface area contributed by atoms with E-state index in [1.165, 1.54) is 0 Å². The highest BCUT2D eigenvalue weighted by atomic mass is 16.5. The van der Waals surface area contributed by atoms with E-state index in [2.05, 4.69) is 20.2 Å². The minimum Gasteiger partial charge on any atom is -0.379 e. The molecule has 7 nitrogen and oxygen atoms in total. The summed E-state index contributed by atoms with van der Waals surface area (Å²) in [4.78, 5) is 22.9. The van der Waals surface area contributed by atoms with E-state index in [0.717, 1.165) is 19.4 Å². The molecule has 1 aromatic rings. The molecular weight excluding hydrogens is 270 g/mol. The maximum absolute atomic E-state index is 12.3. The molecule has 7 heteroatoms. The summed E-state index contributed by atoms with van der Waals surface area (Å²) < 4.78 is 5.24. The van der Waals surface area contributed by atoms with Crippen LogP contribution in [0.15, 0.2) is 18.5 Å².